The summed E-state index contributed by atoms with van der Waals surface area (Å²) >= 11 is 0. The van der Waals surface area contributed by atoms with Crippen LogP contribution in [0.2, 0.25) is 0 Å². The molecule has 1 aliphatic rings. The van der Waals surface area contributed by atoms with Gasteiger partial charge >= 0.3 is 0 Å². The van der Waals surface area contributed by atoms with Gasteiger partial charge in [-0.25, -0.2) is 8.42 Å². The summed E-state index contributed by atoms with van der Waals surface area (Å²) in [5.41, 5.74) is 9.72. The lowest BCUT2D eigenvalue weighted by atomic mass is 10.0. The van der Waals surface area contributed by atoms with Crippen molar-refractivity contribution in [1.29, 1.82) is 0 Å². The van der Waals surface area contributed by atoms with Gasteiger partial charge in [0.25, 0.3) is 10.0 Å². The van der Waals surface area contributed by atoms with Crippen molar-refractivity contribution in [3.63, 3.8) is 0 Å². The molecule has 3 aromatic carbocycles. The van der Waals surface area contributed by atoms with Crippen molar-refractivity contribution in [1.82, 2.24) is 0 Å². The summed E-state index contributed by atoms with van der Waals surface area (Å²) in [6.07, 6.45) is 1.05. The molecule has 1 saturated carbocycles. The fourth-order valence-corrected chi connectivity index (χ4v) is 4.17. The van der Waals surface area contributed by atoms with E-state index in [0.717, 1.165) is 17.5 Å². The van der Waals surface area contributed by atoms with E-state index < -0.39 is 10.0 Å². The second-order valence-electron chi connectivity index (χ2n) is 6.63. The zero-order valence-electron chi connectivity index (χ0n) is 14.2. The first-order valence-electron chi connectivity index (χ1n) is 8.57. The highest BCUT2D eigenvalue weighted by atomic mass is 32.2. The first-order chi connectivity index (χ1) is 12.5. The van der Waals surface area contributed by atoms with E-state index in [1.54, 1.807) is 36.4 Å². The Labute approximate surface area is 153 Å². The highest BCUT2D eigenvalue weighted by Gasteiger charge is 2.34. The molecule has 0 radical (unpaired) electrons. The van der Waals surface area contributed by atoms with Crippen molar-refractivity contribution in [2.45, 2.75) is 23.3 Å². The molecule has 0 bridgehead atoms. The quantitative estimate of drug-likeness (QED) is 0.719. The van der Waals surface area contributed by atoms with Crippen molar-refractivity contribution in [2.24, 2.45) is 5.73 Å². The molecule has 4 nitrogen and oxygen atoms in total. The lowest BCUT2D eigenvalue weighted by molar-refractivity contribution is 0.601. The van der Waals surface area contributed by atoms with E-state index >= 15 is 0 Å². The molecule has 3 N–H and O–H groups in total. The fourth-order valence-electron chi connectivity index (χ4n) is 3.10. The Balaban J connectivity index is 1.57. The van der Waals surface area contributed by atoms with E-state index in [1.165, 1.54) is 5.56 Å². The minimum absolute atomic E-state index is 0.246. The molecule has 0 heterocycles. The molecule has 1 fully saturated rings. The molecule has 132 valence electrons. The average molecular weight is 364 g/mol. The molecule has 0 aromatic heterocycles. The van der Waals surface area contributed by atoms with Gasteiger partial charge in [-0.3, -0.25) is 4.72 Å². The monoisotopic (exact) mass is 364 g/mol. The maximum Gasteiger partial charge on any atom is 0.261 e. The lowest BCUT2D eigenvalue weighted by Gasteiger charge is -2.10. The van der Waals surface area contributed by atoms with Gasteiger partial charge in [-0.05, 0) is 47.4 Å². The van der Waals surface area contributed by atoms with Crippen LogP contribution in [0.3, 0.4) is 0 Å². The number of hydrogen-bond donors (Lipinski definition) is 2. The molecule has 0 spiro atoms. The van der Waals surface area contributed by atoms with Crippen LogP contribution in [0.5, 0.6) is 0 Å². The number of rotatable bonds is 5. The molecular weight excluding hydrogens is 344 g/mol. The Kier molecular flexibility index (Phi) is 4.26. The van der Waals surface area contributed by atoms with Gasteiger partial charge in [0.05, 0.1) is 4.90 Å². The molecule has 26 heavy (non-hydrogen) atoms. The smallest absolute Gasteiger partial charge is 0.261 e. The Morgan fingerprint density at radius 3 is 2.19 bits per heavy atom. The number of sulfonamides is 1. The molecular formula is C21H20N2O2S. The van der Waals surface area contributed by atoms with Crippen LogP contribution in [0.1, 0.15) is 17.9 Å². The zero-order chi connectivity index (χ0) is 18.1. The standard InChI is InChI=1S/C21H20N2O2S/c22-21-14-20(21)16-11-9-15(10-12-16)17-5-4-6-18(13-17)23-26(24,25)19-7-2-1-3-8-19/h1-13,20-21,23H,14,22H2/t20-,21+/m0/s1. The molecule has 0 unspecified atom stereocenters. The van der Waals surface area contributed by atoms with E-state index in [9.17, 15) is 8.42 Å². The summed E-state index contributed by atoms with van der Waals surface area (Å²) in [4.78, 5) is 0.246. The first-order valence-corrected chi connectivity index (χ1v) is 10.1. The minimum Gasteiger partial charge on any atom is -0.327 e. The van der Waals surface area contributed by atoms with E-state index in [1.807, 2.05) is 18.2 Å². The Bertz CT molecular complexity index is 1020. The van der Waals surface area contributed by atoms with Crippen LogP contribution in [-0.2, 0) is 10.0 Å². The SMILES string of the molecule is N[C@@H]1C[C@H]1c1ccc(-c2cccc(NS(=O)(=O)c3ccccc3)c2)cc1. The van der Waals surface area contributed by atoms with E-state index in [-0.39, 0.29) is 10.9 Å². The number of hydrogen-bond acceptors (Lipinski definition) is 3. The van der Waals surface area contributed by atoms with Crippen LogP contribution in [0.4, 0.5) is 5.69 Å². The Morgan fingerprint density at radius 1 is 0.846 bits per heavy atom. The highest BCUT2D eigenvalue weighted by Crippen LogP contribution is 2.39. The van der Waals surface area contributed by atoms with Crippen LogP contribution in [0.25, 0.3) is 11.1 Å². The van der Waals surface area contributed by atoms with Gasteiger partial charge in [-0.1, -0.05) is 54.6 Å². The molecule has 0 amide bonds. The van der Waals surface area contributed by atoms with Crippen LogP contribution >= 0.6 is 0 Å². The van der Waals surface area contributed by atoms with Gasteiger partial charge in [0.2, 0.25) is 0 Å². The van der Waals surface area contributed by atoms with Crippen LogP contribution in [-0.4, -0.2) is 14.5 Å². The lowest BCUT2D eigenvalue weighted by Crippen LogP contribution is -2.12. The Morgan fingerprint density at radius 2 is 1.54 bits per heavy atom. The fraction of sp³-hybridized carbons (Fsp3) is 0.143. The van der Waals surface area contributed by atoms with Gasteiger partial charge < -0.3 is 5.73 Å². The summed E-state index contributed by atoms with van der Waals surface area (Å²) in [5.74, 6) is 0.480. The van der Waals surface area contributed by atoms with Gasteiger partial charge in [0, 0.05) is 17.6 Å². The zero-order valence-corrected chi connectivity index (χ0v) is 15.0. The van der Waals surface area contributed by atoms with Crippen LogP contribution in [0.15, 0.2) is 83.8 Å². The third-order valence-electron chi connectivity index (χ3n) is 4.68. The van der Waals surface area contributed by atoms with Crippen molar-refractivity contribution >= 4 is 15.7 Å². The summed E-state index contributed by atoms with van der Waals surface area (Å²) in [6, 6.07) is 24.4. The van der Waals surface area contributed by atoms with E-state index in [0.29, 0.717) is 11.6 Å². The summed E-state index contributed by atoms with van der Waals surface area (Å²) in [6.45, 7) is 0. The summed E-state index contributed by atoms with van der Waals surface area (Å²) < 4.78 is 27.6. The molecule has 1 aliphatic carbocycles. The molecule has 3 aromatic rings. The number of anilines is 1. The van der Waals surface area contributed by atoms with Crippen molar-refractivity contribution in [2.75, 3.05) is 4.72 Å². The molecule has 0 saturated heterocycles. The van der Waals surface area contributed by atoms with Crippen molar-refractivity contribution in [3.05, 3.63) is 84.4 Å². The largest absolute Gasteiger partial charge is 0.327 e. The molecule has 4 rings (SSSR count). The molecule has 5 heteroatoms. The predicted molar refractivity (Wildman–Crippen MR) is 104 cm³/mol. The van der Waals surface area contributed by atoms with Gasteiger partial charge in [-0.2, -0.15) is 0 Å². The average Bonchev–Trinajstić information content (AvgIpc) is 3.39. The maximum atomic E-state index is 12.5. The van der Waals surface area contributed by atoms with Crippen molar-refractivity contribution < 1.29 is 8.42 Å². The highest BCUT2D eigenvalue weighted by molar-refractivity contribution is 7.92. The third kappa shape index (κ3) is 3.49. The number of benzene rings is 3. The topological polar surface area (TPSA) is 72.2 Å². The Hall–Kier alpha value is -2.63. The number of nitrogens with one attached hydrogen (secondary N) is 1. The number of nitrogens with two attached hydrogens (primary N) is 1. The van der Waals surface area contributed by atoms with Crippen LogP contribution < -0.4 is 10.5 Å². The molecule has 0 aliphatic heterocycles. The predicted octanol–water partition coefficient (Wildman–Crippen LogP) is 3.97. The normalized spacial score (nSPS) is 19.1. The third-order valence-corrected chi connectivity index (χ3v) is 6.08. The first kappa shape index (κ1) is 16.8. The summed E-state index contributed by atoms with van der Waals surface area (Å²) in [7, 11) is -3.59. The second-order valence-corrected chi connectivity index (χ2v) is 8.31. The summed E-state index contributed by atoms with van der Waals surface area (Å²) in [5, 5.41) is 0. The van der Waals surface area contributed by atoms with Crippen LogP contribution in [0, 0.1) is 0 Å². The minimum atomic E-state index is -3.59. The van der Waals surface area contributed by atoms with Gasteiger partial charge in [0.1, 0.15) is 0 Å². The maximum absolute atomic E-state index is 12.5. The van der Waals surface area contributed by atoms with E-state index in [2.05, 4.69) is 29.0 Å². The van der Waals surface area contributed by atoms with E-state index in [4.69, 9.17) is 5.73 Å². The van der Waals surface area contributed by atoms with Gasteiger partial charge in [0.15, 0.2) is 0 Å². The molecule has 2 atom stereocenters. The van der Waals surface area contributed by atoms with Crippen molar-refractivity contribution in [3.8, 4) is 11.1 Å². The second kappa shape index (κ2) is 6.59. The van der Waals surface area contributed by atoms with Gasteiger partial charge in [-0.15, -0.1) is 0 Å².